The Hall–Kier alpha value is -2.71. The molecule has 5 rings (SSSR count). The summed E-state index contributed by atoms with van der Waals surface area (Å²) in [5.74, 6) is -0.568. The fraction of sp³-hybridized carbons (Fsp3) is 0.125. The van der Waals surface area contributed by atoms with Gasteiger partial charge in [0.1, 0.15) is 5.01 Å². The van der Waals surface area contributed by atoms with E-state index in [0.717, 1.165) is 15.8 Å². The molecule has 2 unspecified atom stereocenters. The van der Waals surface area contributed by atoms with Gasteiger partial charge in [0.05, 0.1) is 22.5 Å². The molecule has 0 aliphatic rings. The van der Waals surface area contributed by atoms with Gasteiger partial charge in [-0.2, -0.15) is 0 Å². The van der Waals surface area contributed by atoms with Crippen LogP contribution in [0.25, 0.3) is 21.3 Å². The van der Waals surface area contributed by atoms with Crippen LogP contribution < -0.4 is 4.72 Å². The van der Waals surface area contributed by atoms with E-state index in [9.17, 15) is 17.2 Å². The Balaban J connectivity index is 1.57. The Kier molecular flexibility index (Phi) is 7.91. The van der Waals surface area contributed by atoms with E-state index in [1.165, 1.54) is 11.3 Å². The lowest BCUT2D eigenvalue weighted by atomic mass is 10.1. The fourth-order valence-electron chi connectivity index (χ4n) is 3.82. The second kappa shape index (κ2) is 11.2. The van der Waals surface area contributed by atoms with Crippen LogP contribution in [0, 0.1) is 0 Å². The largest absolute Gasteiger partial charge is 0.760 e. The van der Waals surface area contributed by atoms with Gasteiger partial charge in [0.2, 0.25) is 11.8 Å². The first kappa shape index (κ1) is 26.9. The van der Waals surface area contributed by atoms with Gasteiger partial charge in [0.15, 0.2) is 15.1 Å². The number of sulfone groups is 1. The van der Waals surface area contributed by atoms with Crippen molar-refractivity contribution in [3.05, 3.63) is 99.1 Å². The van der Waals surface area contributed by atoms with Gasteiger partial charge < -0.3 is 8.97 Å². The zero-order valence-electron chi connectivity index (χ0n) is 19.2. The number of rotatable bonds is 9. The van der Waals surface area contributed by atoms with Gasteiger partial charge in [-0.1, -0.05) is 59.6 Å². The molecule has 0 spiro atoms. The van der Waals surface area contributed by atoms with Crippen LogP contribution in [0.4, 0.5) is 0 Å². The summed E-state index contributed by atoms with van der Waals surface area (Å²) in [6, 6.07) is 19.4. The molecule has 0 aliphatic carbocycles. The summed E-state index contributed by atoms with van der Waals surface area (Å²) in [4.78, 5) is 4.60. The first-order valence-electron chi connectivity index (χ1n) is 11.0. The summed E-state index contributed by atoms with van der Waals surface area (Å²) in [5, 5.41) is 7.62. The summed E-state index contributed by atoms with van der Waals surface area (Å²) in [6.07, 6.45) is 0. The number of hydrogen-bond acceptors (Lipinski definition) is 9. The zero-order chi connectivity index (χ0) is 26.9. The van der Waals surface area contributed by atoms with Crippen LogP contribution in [0.5, 0.6) is 0 Å². The Morgan fingerprint density at radius 2 is 1.74 bits per heavy atom. The molecule has 3 aromatic carbocycles. The minimum atomic E-state index is -3.95. The average Bonchev–Trinajstić information content (AvgIpc) is 3.49. The van der Waals surface area contributed by atoms with Crippen molar-refractivity contribution in [2.45, 2.75) is 17.5 Å². The second-order valence-corrected chi connectivity index (χ2v) is 12.9. The molecule has 0 radical (unpaired) electrons. The summed E-state index contributed by atoms with van der Waals surface area (Å²) in [5.41, 5.74) is 2.81. The molecule has 0 saturated heterocycles. The van der Waals surface area contributed by atoms with Crippen molar-refractivity contribution in [2.24, 2.45) is 0 Å². The van der Waals surface area contributed by atoms with Crippen molar-refractivity contribution in [2.75, 3.05) is 0 Å². The molecule has 0 bridgehead atoms. The predicted octanol–water partition coefficient (Wildman–Crippen LogP) is 5.24. The SMILES string of the molecule is O=S([O-])NCc1nnc(C(c2nc3ccc(-c4cc(Cl)cc(Cl)c4)cc3s2)S(=O)(=O)Cc2ccccc2)o1. The average molecular weight is 609 g/mol. The van der Waals surface area contributed by atoms with Crippen molar-refractivity contribution in [1.29, 1.82) is 0 Å². The van der Waals surface area contributed by atoms with Crippen LogP contribution in [0.1, 0.15) is 27.6 Å². The van der Waals surface area contributed by atoms with Crippen molar-refractivity contribution in [1.82, 2.24) is 19.9 Å². The summed E-state index contributed by atoms with van der Waals surface area (Å²) in [7, 11) is -3.95. The van der Waals surface area contributed by atoms with Crippen LogP contribution >= 0.6 is 34.5 Å². The molecular formula is C24H17Cl2N4O5S3-. The molecule has 14 heteroatoms. The van der Waals surface area contributed by atoms with Gasteiger partial charge in [-0.3, -0.25) is 4.21 Å². The molecule has 2 atom stereocenters. The van der Waals surface area contributed by atoms with Crippen LogP contribution in [-0.2, 0) is 33.4 Å². The molecule has 196 valence electrons. The van der Waals surface area contributed by atoms with Crippen LogP contribution in [-0.4, -0.2) is 32.4 Å². The second-order valence-electron chi connectivity index (χ2n) is 8.16. The number of aromatic nitrogens is 3. The molecule has 0 saturated carbocycles. The van der Waals surface area contributed by atoms with Gasteiger partial charge in [0, 0.05) is 21.3 Å². The van der Waals surface area contributed by atoms with E-state index in [4.69, 9.17) is 27.6 Å². The minimum Gasteiger partial charge on any atom is -0.760 e. The van der Waals surface area contributed by atoms with Gasteiger partial charge in [0.25, 0.3) is 0 Å². The molecule has 0 amide bonds. The Bertz CT molecular complexity index is 1720. The third-order valence-electron chi connectivity index (χ3n) is 5.44. The quantitative estimate of drug-likeness (QED) is 0.224. The first-order valence-corrected chi connectivity index (χ1v) is 15.3. The Morgan fingerprint density at radius 3 is 2.45 bits per heavy atom. The number of benzene rings is 3. The predicted molar refractivity (Wildman–Crippen MR) is 146 cm³/mol. The fourth-order valence-corrected chi connectivity index (χ4v) is 7.74. The number of hydrogen-bond donors (Lipinski definition) is 1. The smallest absolute Gasteiger partial charge is 0.241 e. The highest BCUT2D eigenvalue weighted by Gasteiger charge is 2.37. The molecule has 0 aliphatic heterocycles. The maximum atomic E-state index is 13.7. The van der Waals surface area contributed by atoms with Crippen molar-refractivity contribution in [3.8, 4) is 11.1 Å². The summed E-state index contributed by atoms with van der Waals surface area (Å²) >= 11 is 11.0. The lowest BCUT2D eigenvalue weighted by Gasteiger charge is -2.12. The van der Waals surface area contributed by atoms with E-state index in [0.29, 0.717) is 21.1 Å². The molecule has 0 fully saturated rings. The van der Waals surface area contributed by atoms with E-state index >= 15 is 0 Å². The van der Waals surface area contributed by atoms with Crippen LogP contribution in [0.2, 0.25) is 10.0 Å². The molecule has 1 N–H and O–H groups in total. The molecular weight excluding hydrogens is 591 g/mol. The highest BCUT2D eigenvalue weighted by atomic mass is 35.5. The molecule has 2 heterocycles. The van der Waals surface area contributed by atoms with E-state index in [1.54, 1.807) is 54.6 Å². The van der Waals surface area contributed by atoms with Crippen LogP contribution in [0.3, 0.4) is 0 Å². The standard InChI is InChI=1S/C24H18Cl2N4O5S3/c25-17-8-16(9-18(26)11-17)15-6-7-19-20(10-15)36-24(28-19)22(23-30-29-21(35-23)12-27-37(31)32)38(33,34)13-14-4-2-1-3-5-14/h1-11,22,27H,12-13H2,(H,31,32)/p-1. The van der Waals surface area contributed by atoms with E-state index < -0.39 is 26.4 Å². The molecule has 5 aromatic rings. The third-order valence-corrected chi connectivity index (χ3v) is 9.37. The van der Waals surface area contributed by atoms with Crippen molar-refractivity contribution < 1.29 is 21.6 Å². The molecule has 2 aromatic heterocycles. The van der Waals surface area contributed by atoms with E-state index in [1.807, 2.05) is 12.1 Å². The van der Waals surface area contributed by atoms with Gasteiger partial charge >= 0.3 is 0 Å². The highest BCUT2D eigenvalue weighted by molar-refractivity contribution is 7.91. The third kappa shape index (κ3) is 6.12. The maximum absolute atomic E-state index is 13.7. The lowest BCUT2D eigenvalue weighted by molar-refractivity contribution is 0.440. The first-order chi connectivity index (χ1) is 18.2. The minimum absolute atomic E-state index is 0.0784. The normalized spacial score (nSPS) is 13.6. The highest BCUT2D eigenvalue weighted by Crippen LogP contribution is 2.38. The monoisotopic (exact) mass is 607 g/mol. The number of halogens is 2. The number of fused-ring (bicyclic) bond motifs is 1. The van der Waals surface area contributed by atoms with E-state index in [-0.39, 0.29) is 29.1 Å². The zero-order valence-corrected chi connectivity index (χ0v) is 23.2. The lowest BCUT2D eigenvalue weighted by Crippen LogP contribution is -2.17. The maximum Gasteiger partial charge on any atom is 0.241 e. The van der Waals surface area contributed by atoms with Crippen molar-refractivity contribution in [3.63, 3.8) is 0 Å². The van der Waals surface area contributed by atoms with Crippen molar-refractivity contribution >= 4 is 65.9 Å². The van der Waals surface area contributed by atoms with Gasteiger partial charge in [-0.25, -0.2) is 18.1 Å². The Morgan fingerprint density at radius 1 is 1.00 bits per heavy atom. The Labute approximate surface area is 234 Å². The van der Waals surface area contributed by atoms with E-state index in [2.05, 4.69) is 19.9 Å². The summed E-state index contributed by atoms with van der Waals surface area (Å²) < 4.78 is 57.6. The topological polar surface area (TPSA) is 138 Å². The van der Waals surface area contributed by atoms with Gasteiger partial charge in [-0.05, 0) is 47.0 Å². The molecule has 38 heavy (non-hydrogen) atoms. The number of nitrogens with one attached hydrogen (secondary N) is 1. The summed E-state index contributed by atoms with van der Waals surface area (Å²) in [6.45, 7) is -0.278. The number of thiazole rings is 1. The number of nitrogens with zero attached hydrogens (tertiary/aromatic N) is 3. The van der Waals surface area contributed by atoms with Crippen LogP contribution in [0.15, 0.2) is 71.1 Å². The molecule has 9 nitrogen and oxygen atoms in total. The van der Waals surface area contributed by atoms with Gasteiger partial charge in [-0.15, -0.1) is 21.5 Å².